The van der Waals surface area contributed by atoms with Crippen molar-refractivity contribution >= 4 is 27.5 Å². The van der Waals surface area contributed by atoms with Crippen molar-refractivity contribution in [2.45, 2.75) is 18.9 Å². The lowest BCUT2D eigenvalue weighted by Gasteiger charge is -2.07. The van der Waals surface area contributed by atoms with Crippen LogP contribution in [0.5, 0.6) is 0 Å². The number of halogens is 2. The molecule has 0 aromatic heterocycles. The van der Waals surface area contributed by atoms with Gasteiger partial charge in [0, 0.05) is 11.7 Å². The SMILES string of the molecule is O=C(CNc1ccc(Br)c(F)c1)NC1CC1. The molecule has 1 saturated carbocycles. The average Bonchev–Trinajstić information content (AvgIpc) is 3.04. The largest absolute Gasteiger partial charge is 0.376 e. The van der Waals surface area contributed by atoms with Crippen molar-refractivity contribution in [2.24, 2.45) is 0 Å². The van der Waals surface area contributed by atoms with Crippen LogP contribution in [-0.2, 0) is 4.79 Å². The van der Waals surface area contributed by atoms with Gasteiger partial charge in [-0.1, -0.05) is 0 Å². The van der Waals surface area contributed by atoms with E-state index in [1.165, 1.54) is 6.07 Å². The van der Waals surface area contributed by atoms with Crippen molar-refractivity contribution in [1.82, 2.24) is 5.32 Å². The third kappa shape index (κ3) is 3.20. The first-order chi connectivity index (χ1) is 7.65. The molecular formula is C11H12BrFN2O. The van der Waals surface area contributed by atoms with Gasteiger partial charge in [-0.3, -0.25) is 4.79 Å². The zero-order chi connectivity index (χ0) is 11.5. The summed E-state index contributed by atoms with van der Waals surface area (Å²) in [5.74, 6) is -0.390. The maximum atomic E-state index is 13.1. The second-order valence-electron chi connectivity index (χ2n) is 3.82. The quantitative estimate of drug-likeness (QED) is 0.892. The van der Waals surface area contributed by atoms with Gasteiger partial charge in [-0.15, -0.1) is 0 Å². The Hall–Kier alpha value is -1.10. The van der Waals surface area contributed by atoms with Gasteiger partial charge in [-0.25, -0.2) is 4.39 Å². The molecule has 1 amide bonds. The number of rotatable bonds is 4. The summed E-state index contributed by atoms with van der Waals surface area (Å²) in [4.78, 5) is 11.3. The van der Waals surface area contributed by atoms with Crippen LogP contribution < -0.4 is 10.6 Å². The predicted octanol–water partition coefficient (Wildman–Crippen LogP) is 2.28. The number of benzene rings is 1. The molecule has 0 saturated heterocycles. The van der Waals surface area contributed by atoms with Crippen molar-refractivity contribution in [3.63, 3.8) is 0 Å². The van der Waals surface area contributed by atoms with Crippen LogP contribution in [0.1, 0.15) is 12.8 Å². The minimum absolute atomic E-state index is 0.0502. The second-order valence-corrected chi connectivity index (χ2v) is 4.68. The standard InChI is InChI=1S/C11H12BrFN2O/c12-9-4-3-8(5-10(9)13)14-6-11(16)15-7-1-2-7/h3-5,7,14H,1-2,6H2,(H,15,16). The van der Waals surface area contributed by atoms with E-state index in [0.717, 1.165) is 12.8 Å². The lowest BCUT2D eigenvalue weighted by atomic mass is 10.3. The zero-order valence-corrected chi connectivity index (χ0v) is 10.2. The van der Waals surface area contributed by atoms with Crippen molar-refractivity contribution in [3.05, 3.63) is 28.5 Å². The molecule has 0 atom stereocenters. The van der Waals surface area contributed by atoms with Gasteiger partial charge in [0.1, 0.15) is 5.82 Å². The number of hydrogen-bond donors (Lipinski definition) is 2. The molecule has 2 N–H and O–H groups in total. The van der Waals surface area contributed by atoms with E-state index < -0.39 is 0 Å². The molecule has 1 aromatic carbocycles. The minimum Gasteiger partial charge on any atom is -0.376 e. The summed E-state index contributed by atoms with van der Waals surface area (Å²) in [7, 11) is 0. The fraction of sp³-hybridized carbons (Fsp3) is 0.364. The van der Waals surface area contributed by atoms with Gasteiger partial charge >= 0.3 is 0 Å². The van der Waals surface area contributed by atoms with Crippen LogP contribution in [-0.4, -0.2) is 18.5 Å². The van der Waals surface area contributed by atoms with E-state index in [2.05, 4.69) is 26.6 Å². The number of hydrogen-bond acceptors (Lipinski definition) is 2. The molecular weight excluding hydrogens is 275 g/mol. The fourth-order valence-corrected chi connectivity index (χ4v) is 1.54. The fourth-order valence-electron chi connectivity index (χ4n) is 1.29. The van der Waals surface area contributed by atoms with E-state index in [9.17, 15) is 9.18 Å². The average molecular weight is 287 g/mol. The van der Waals surface area contributed by atoms with E-state index in [0.29, 0.717) is 16.2 Å². The van der Waals surface area contributed by atoms with Crippen molar-refractivity contribution in [2.75, 3.05) is 11.9 Å². The number of carbonyl (C=O) groups is 1. The van der Waals surface area contributed by atoms with Gasteiger partial charge in [-0.05, 0) is 47.0 Å². The highest BCUT2D eigenvalue weighted by Gasteiger charge is 2.22. The molecule has 0 heterocycles. The summed E-state index contributed by atoms with van der Waals surface area (Å²) in [5.41, 5.74) is 0.603. The monoisotopic (exact) mass is 286 g/mol. The Morgan fingerprint density at radius 3 is 2.88 bits per heavy atom. The number of nitrogens with one attached hydrogen (secondary N) is 2. The predicted molar refractivity (Wildman–Crippen MR) is 63.8 cm³/mol. The number of carbonyl (C=O) groups excluding carboxylic acids is 1. The normalized spacial score (nSPS) is 14.6. The molecule has 0 radical (unpaired) electrons. The summed E-state index contributed by atoms with van der Waals surface area (Å²) in [6, 6.07) is 5.04. The molecule has 1 aliphatic carbocycles. The molecule has 1 aliphatic rings. The van der Waals surface area contributed by atoms with E-state index in [1.54, 1.807) is 12.1 Å². The third-order valence-electron chi connectivity index (χ3n) is 2.32. The first-order valence-corrected chi connectivity index (χ1v) is 5.93. The zero-order valence-electron chi connectivity index (χ0n) is 8.59. The van der Waals surface area contributed by atoms with Crippen molar-refractivity contribution in [1.29, 1.82) is 0 Å². The lowest BCUT2D eigenvalue weighted by molar-refractivity contribution is -0.119. The summed E-state index contributed by atoms with van der Waals surface area (Å²) in [6.45, 7) is 0.178. The summed E-state index contributed by atoms with van der Waals surface area (Å²) < 4.78 is 13.6. The van der Waals surface area contributed by atoms with E-state index in [1.807, 2.05) is 0 Å². The van der Waals surface area contributed by atoms with E-state index >= 15 is 0 Å². The number of amides is 1. The number of anilines is 1. The van der Waals surface area contributed by atoms with Crippen molar-refractivity contribution < 1.29 is 9.18 Å². The highest BCUT2D eigenvalue weighted by atomic mass is 79.9. The molecule has 86 valence electrons. The van der Waals surface area contributed by atoms with Crippen LogP contribution in [0.15, 0.2) is 22.7 Å². The van der Waals surface area contributed by atoms with Crippen LogP contribution in [0.25, 0.3) is 0 Å². The molecule has 0 aliphatic heterocycles. The lowest BCUT2D eigenvalue weighted by Crippen LogP contribution is -2.31. The van der Waals surface area contributed by atoms with Crippen LogP contribution in [0.4, 0.5) is 10.1 Å². The van der Waals surface area contributed by atoms with Crippen LogP contribution in [0.3, 0.4) is 0 Å². The summed E-state index contributed by atoms with van der Waals surface area (Å²) in [6.07, 6.45) is 2.14. The Kier molecular flexibility index (Phi) is 3.43. The Morgan fingerprint density at radius 2 is 2.25 bits per heavy atom. The van der Waals surface area contributed by atoms with Crippen LogP contribution in [0.2, 0.25) is 0 Å². The highest BCUT2D eigenvalue weighted by molar-refractivity contribution is 9.10. The van der Waals surface area contributed by atoms with Gasteiger partial charge in [0.05, 0.1) is 11.0 Å². The molecule has 3 nitrogen and oxygen atoms in total. The molecule has 1 fully saturated rings. The van der Waals surface area contributed by atoms with Crippen LogP contribution in [0, 0.1) is 5.82 Å². The molecule has 0 bridgehead atoms. The Bertz CT molecular complexity index is 407. The Morgan fingerprint density at radius 1 is 1.50 bits per heavy atom. The molecule has 5 heteroatoms. The molecule has 0 spiro atoms. The maximum Gasteiger partial charge on any atom is 0.239 e. The Balaban J connectivity index is 1.83. The minimum atomic E-state index is -0.340. The third-order valence-corrected chi connectivity index (χ3v) is 2.96. The van der Waals surface area contributed by atoms with Gasteiger partial charge < -0.3 is 10.6 Å². The van der Waals surface area contributed by atoms with E-state index in [-0.39, 0.29) is 18.3 Å². The smallest absolute Gasteiger partial charge is 0.239 e. The van der Waals surface area contributed by atoms with Gasteiger partial charge in [0.25, 0.3) is 0 Å². The second kappa shape index (κ2) is 4.82. The maximum absolute atomic E-state index is 13.1. The molecule has 2 rings (SSSR count). The van der Waals surface area contributed by atoms with Crippen LogP contribution >= 0.6 is 15.9 Å². The Labute approximate surface area is 102 Å². The highest BCUT2D eigenvalue weighted by Crippen LogP contribution is 2.20. The molecule has 16 heavy (non-hydrogen) atoms. The first kappa shape index (κ1) is 11.4. The van der Waals surface area contributed by atoms with Gasteiger partial charge in [0.15, 0.2) is 0 Å². The van der Waals surface area contributed by atoms with Crippen molar-refractivity contribution in [3.8, 4) is 0 Å². The van der Waals surface area contributed by atoms with Gasteiger partial charge in [-0.2, -0.15) is 0 Å². The summed E-state index contributed by atoms with van der Waals surface area (Å²) in [5, 5.41) is 5.72. The van der Waals surface area contributed by atoms with E-state index in [4.69, 9.17) is 0 Å². The summed E-state index contributed by atoms with van der Waals surface area (Å²) >= 11 is 3.07. The molecule has 0 unspecified atom stereocenters. The molecule has 1 aromatic rings. The first-order valence-electron chi connectivity index (χ1n) is 5.13. The topological polar surface area (TPSA) is 41.1 Å². The van der Waals surface area contributed by atoms with Gasteiger partial charge in [0.2, 0.25) is 5.91 Å².